The van der Waals surface area contributed by atoms with Crippen LogP contribution < -0.4 is 5.73 Å². The molecule has 14 heavy (non-hydrogen) atoms. The van der Waals surface area contributed by atoms with Crippen molar-refractivity contribution in [2.24, 2.45) is 11.7 Å². The zero-order valence-corrected chi connectivity index (χ0v) is 9.68. The SMILES string of the molecule is C=C(C)CC(=O)C(C)CCCC(C)N. The van der Waals surface area contributed by atoms with E-state index in [1.165, 1.54) is 0 Å². The third-order valence-electron chi connectivity index (χ3n) is 2.32. The molecule has 0 saturated carbocycles. The van der Waals surface area contributed by atoms with E-state index < -0.39 is 0 Å². The number of Topliss-reactive ketones (excluding diaryl/α,β-unsaturated/α-hetero) is 1. The van der Waals surface area contributed by atoms with Crippen LogP contribution >= 0.6 is 0 Å². The van der Waals surface area contributed by atoms with Crippen molar-refractivity contribution < 1.29 is 4.79 Å². The van der Waals surface area contributed by atoms with E-state index in [4.69, 9.17) is 5.73 Å². The lowest BCUT2D eigenvalue weighted by Crippen LogP contribution is -2.16. The summed E-state index contributed by atoms with van der Waals surface area (Å²) >= 11 is 0. The molecular formula is C12H23NO. The summed E-state index contributed by atoms with van der Waals surface area (Å²) in [7, 11) is 0. The summed E-state index contributed by atoms with van der Waals surface area (Å²) in [5, 5.41) is 0. The highest BCUT2D eigenvalue weighted by Gasteiger charge is 2.12. The molecule has 0 aromatic rings. The van der Waals surface area contributed by atoms with Crippen molar-refractivity contribution in [3.8, 4) is 0 Å². The first-order valence-electron chi connectivity index (χ1n) is 5.36. The predicted molar refractivity (Wildman–Crippen MR) is 61.1 cm³/mol. The van der Waals surface area contributed by atoms with Crippen molar-refractivity contribution in [3.05, 3.63) is 12.2 Å². The summed E-state index contributed by atoms with van der Waals surface area (Å²) in [6.45, 7) is 9.63. The maximum absolute atomic E-state index is 11.5. The highest BCUT2D eigenvalue weighted by Crippen LogP contribution is 2.13. The van der Waals surface area contributed by atoms with Crippen molar-refractivity contribution in [2.75, 3.05) is 0 Å². The second-order valence-electron chi connectivity index (χ2n) is 4.41. The summed E-state index contributed by atoms with van der Waals surface area (Å²) < 4.78 is 0. The first-order valence-corrected chi connectivity index (χ1v) is 5.36. The zero-order chi connectivity index (χ0) is 11.1. The van der Waals surface area contributed by atoms with Crippen molar-refractivity contribution in [1.82, 2.24) is 0 Å². The molecule has 0 spiro atoms. The second-order valence-corrected chi connectivity index (χ2v) is 4.41. The average Bonchev–Trinajstić information content (AvgIpc) is 2.01. The van der Waals surface area contributed by atoms with Crippen LogP contribution in [0.5, 0.6) is 0 Å². The molecule has 0 radical (unpaired) electrons. The summed E-state index contributed by atoms with van der Waals surface area (Å²) in [4.78, 5) is 11.5. The van der Waals surface area contributed by atoms with Gasteiger partial charge >= 0.3 is 0 Å². The Balaban J connectivity index is 3.67. The highest BCUT2D eigenvalue weighted by molar-refractivity contribution is 5.82. The molecule has 2 heteroatoms. The Hall–Kier alpha value is -0.630. The fourth-order valence-corrected chi connectivity index (χ4v) is 1.38. The summed E-state index contributed by atoms with van der Waals surface area (Å²) in [5.74, 6) is 0.465. The minimum atomic E-state index is 0.158. The topological polar surface area (TPSA) is 43.1 Å². The molecule has 0 heterocycles. The van der Waals surface area contributed by atoms with Crippen LogP contribution in [-0.2, 0) is 4.79 Å². The second kappa shape index (κ2) is 6.77. The minimum Gasteiger partial charge on any atom is -0.328 e. The maximum atomic E-state index is 11.5. The molecule has 2 atom stereocenters. The van der Waals surface area contributed by atoms with Gasteiger partial charge in [-0.1, -0.05) is 25.5 Å². The molecule has 2 unspecified atom stereocenters. The molecule has 0 amide bonds. The van der Waals surface area contributed by atoms with Gasteiger partial charge in [-0.15, -0.1) is 0 Å². The molecule has 0 aliphatic rings. The fraction of sp³-hybridized carbons (Fsp3) is 0.750. The van der Waals surface area contributed by atoms with Crippen LogP contribution in [0.4, 0.5) is 0 Å². The fourth-order valence-electron chi connectivity index (χ4n) is 1.38. The van der Waals surface area contributed by atoms with Gasteiger partial charge in [-0.2, -0.15) is 0 Å². The van der Waals surface area contributed by atoms with Gasteiger partial charge in [0, 0.05) is 18.4 Å². The Kier molecular flexibility index (Phi) is 6.46. The van der Waals surface area contributed by atoms with Gasteiger partial charge in [0.15, 0.2) is 0 Å². The molecule has 0 aromatic heterocycles. The van der Waals surface area contributed by atoms with E-state index in [-0.39, 0.29) is 12.0 Å². The number of hydrogen-bond donors (Lipinski definition) is 1. The molecule has 2 nitrogen and oxygen atoms in total. The van der Waals surface area contributed by atoms with Gasteiger partial charge in [-0.05, 0) is 26.7 Å². The summed E-state index contributed by atoms with van der Waals surface area (Å²) in [6.07, 6.45) is 3.53. The number of nitrogens with two attached hydrogens (primary N) is 1. The molecule has 0 rings (SSSR count). The van der Waals surface area contributed by atoms with Crippen molar-refractivity contribution in [3.63, 3.8) is 0 Å². The Bertz CT molecular complexity index is 196. The van der Waals surface area contributed by atoms with Gasteiger partial charge in [0.05, 0.1) is 0 Å². The lowest BCUT2D eigenvalue weighted by Gasteiger charge is -2.11. The molecule has 0 aliphatic heterocycles. The molecular weight excluding hydrogens is 174 g/mol. The quantitative estimate of drug-likeness (QED) is 0.638. The van der Waals surface area contributed by atoms with Crippen LogP contribution in [-0.4, -0.2) is 11.8 Å². The maximum Gasteiger partial charge on any atom is 0.139 e. The minimum absolute atomic E-state index is 0.158. The number of allylic oxidation sites excluding steroid dienone is 1. The molecule has 82 valence electrons. The highest BCUT2D eigenvalue weighted by atomic mass is 16.1. The molecule has 0 bridgehead atoms. The van der Waals surface area contributed by atoms with E-state index >= 15 is 0 Å². The largest absolute Gasteiger partial charge is 0.328 e. The van der Waals surface area contributed by atoms with Crippen LogP contribution in [0.15, 0.2) is 12.2 Å². The standard InChI is InChI=1S/C12H23NO/c1-9(2)8-12(14)10(3)6-5-7-11(4)13/h10-11H,1,5-8,13H2,2-4H3. The van der Waals surface area contributed by atoms with Crippen LogP contribution in [0, 0.1) is 5.92 Å². The smallest absolute Gasteiger partial charge is 0.139 e. The number of hydrogen-bond acceptors (Lipinski definition) is 2. The monoisotopic (exact) mass is 197 g/mol. The molecule has 0 aliphatic carbocycles. The normalized spacial score (nSPS) is 14.9. The number of ketones is 1. The van der Waals surface area contributed by atoms with E-state index in [1.54, 1.807) is 0 Å². The van der Waals surface area contributed by atoms with Crippen LogP contribution in [0.3, 0.4) is 0 Å². The molecule has 2 N–H and O–H groups in total. The first-order chi connectivity index (χ1) is 6.43. The van der Waals surface area contributed by atoms with E-state index in [2.05, 4.69) is 6.58 Å². The lowest BCUT2D eigenvalue weighted by atomic mass is 9.95. The van der Waals surface area contributed by atoms with Gasteiger partial charge in [-0.3, -0.25) is 4.79 Å². The molecule has 0 saturated heterocycles. The van der Waals surface area contributed by atoms with E-state index in [1.807, 2.05) is 20.8 Å². The molecule has 0 fully saturated rings. The Morgan fingerprint density at radius 2 is 1.93 bits per heavy atom. The Labute approximate surface area is 87.6 Å². The first kappa shape index (κ1) is 13.4. The van der Waals surface area contributed by atoms with E-state index in [0.29, 0.717) is 12.2 Å². The summed E-state index contributed by atoms with van der Waals surface area (Å²) in [6, 6.07) is 0.249. The van der Waals surface area contributed by atoms with Crippen molar-refractivity contribution in [2.45, 2.75) is 52.5 Å². The predicted octanol–water partition coefficient (Wildman–Crippen LogP) is 2.68. The van der Waals surface area contributed by atoms with Crippen LogP contribution in [0.25, 0.3) is 0 Å². The summed E-state index contributed by atoms with van der Waals surface area (Å²) in [5.41, 5.74) is 6.59. The number of carbonyl (C=O) groups is 1. The Morgan fingerprint density at radius 1 is 1.36 bits per heavy atom. The molecule has 0 aromatic carbocycles. The third-order valence-corrected chi connectivity index (χ3v) is 2.32. The number of carbonyl (C=O) groups excluding carboxylic acids is 1. The van der Waals surface area contributed by atoms with Crippen LogP contribution in [0.1, 0.15) is 46.5 Å². The number of rotatable bonds is 7. The van der Waals surface area contributed by atoms with Gasteiger partial charge in [-0.25, -0.2) is 0 Å². The van der Waals surface area contributed by atoms with E-state index in [9.17, 15) is 4.79 Å². The zero-order valence-electron chi connectivity index (χ0n) is 9.68. The van der Waals surface area contributed by atoms with E-state index in [0.717, 1.165) is 24.8 Å². The van der Waals surface area contributed by atoms with Crippen molar-refractivity contribution in [1.29, 1.82) is 0 Å². The Morgan fingerprint density at radius 3 is 2.36 bits per heavy atom. The van der Waals surface area contributed by atoms with Gasteiger partial charge in [0.1, 0.15) is 5.78 Å². The van der Waals surface area contributed by atoms with Gasteiger partial charge < -0.3 is 5.73 Å². The third kappa shape index (κ3) is 6.84. The van der Waals surface area contributed by atoms with Crippen LogP contribution in [0.2, 0.25) is 0 Å². The lowest BCUT2D eigenvalue weighted by molar-refractivity contribution is -0.121. The average molecular weight is 197 g/mol. The van der Waals surface area contributed by atoms with Gasteiger partial charge in [0.25, 0.3) is 0 Å². The van der Waals surface area contributed by atoms with Crippen molar-refractivity contribution >= 4 is 5.78 Å². The van der Waals surface area contributed by atoms with Gasteiger partial charge in [0.2, 0.25) is 0 Å².